The van der Waals surface area contributed by atoms with Gasteiger partial charge in [-0.2, -0.15) is 11.8 Å². The molecule has 0 aliphatic rings. The Labute approximate surface area is 93.3 Å². The number of carboxylic acid groups (broad SMARTS) is 1. The first-order valence-corrected chi connectivity index (χ1v) is 5.94. The minimum absolute atomic E-state index is 0.219. The van der Waals surface area contributed by atoms with Crippen molar-refractivity contribution in [1.29, 1.82) is 0 Å². The smallest absolute Gasteiger partial charge is 0.337 e. The van der Waals surface area contributed by atoms with Crippen LogP contribution in [0.2, 0.25) is 0 Å². The number of anilines is 1. The average molecular weight is 226 g/mol. The molecule has 0 amide bonds. The number of thioether (sulfide) groups is 1. The van der Waals surface area contributed by atoms with E-state index in [1.807, 2.05) is 11.9 Å². The lowest BCUT2D eigenvalue weighted by atomic mass is 10.3. The Kier molecular flexibility index (Phi) is 4.42. The van der Waals surface area contributed by atoms with Crippen LogP contribution in [0.3, 0.4) is 0 Å². The summed E-state index contributed by atoms with van der Waals surface area (Å²) in [7, 11) is 1.94. The minimum Gasteiger partial charge on any atom is -0.478 e. The van der Waals surface area contributed by atoms with Gasteiger partial charge in [-0.3, -0.25) is 0 Å². The van der Waals surface area contributed by atoms with Crippen LogP contribution in [-0.2, 0) is 0 Å². The number of aromatic nitrogens is 1. The fourth-order valence-electron chi connectivity index (χ4n) is 1.08. The SMILES string of the molecule is CSCCN(C)c1ccc(C(=O)O)cn1. The summed E-state index contributed by atoms with van der Waals surface area (Å²) in [5.41, 5.74) is 0.219. The summed E-state index contributed by atoms with van der Waals surface area (Å²) in [5, 5.41) is 8.70. The Morgan fingerprint density at radius 3 is 2.80 bits per heavy atom. The third-order valence-electron chi connectivity index (χ3n) is 2.02. The van der Waals surface area contributed by atoms with E-state index in [9.17, 15) is 4.79 Å². The predicted octanol–water partition coefficient (Wildman–Crippen LogP) is 1.58. The summed E-state index contributed by atoms with van der Waals surface area (Å²) in [4.78, 5) is 16.7. The van der Waals surface area contributed by atoms with Crippen molar-refractivity contribution < 1.29 is 9.90 Å². The normalized spacial score (nSPS) is 10.0. The van der Waals surface area contributed by atoms with Crippen molar-refractivity contribution in [2.45, 2.75) is 0 Å². The van der Waals surface area contributed by atoms with E-state index in [1.54, 1.807) is 23.9 Å². The third-order valence-corrected chi connectivity index (χ3v) is 2.61. The van der Waals surface area contributed by atoms with Gasteiger partial charge in [-0.1, -0.05) is 0 Å². The second kappa shape index (κ2) is 5.60. The summed E-state index contributed by atoms with van der Waals surface area (Å²) in [6, 6.07) is 3.30. The molecule has 0 spiro atoms. The summed E-state index contributed by atoms with van der Waals surface area (Å²) < 4.78 is 0. The van der Waals surface area contributed by atoms with Crippen molar-refractivity contribution in [1.82, 2.24) is 4.98 Å². The van der Waals surface area contributed by atoms with E-state index in [-0.39, 0.29) is 5.56 Å². The molecule has 0 unspecified atom stereocenters. The van der Waals surface area contributed by atoms with Gasteiger partial charge in [0.1, 0.15) is 5.82 Å². The predicted molar refractivity (Wildman–Crippen MR) is 62.8 cm³/mol. The van der Waals surface area contributed by atoms with E-state index in [2.05, 4.69) is 11.2 Å². The van der Waals surface area contributed by atoms with Crippen LogP contribution in [0.15, 0.2) is 18.3 Å². The van der Waals surface area contributed by atoms with Crippen molar-refractivity contribution in [3.05, 3.63) is 23.9 Å². The molecule has 0 aromatic carbocycles. The molecule has 0 atom stereocenters. The van der Waals surface area contributed by atoms with Crippen molar-refractivity contribution in [3.8, 4) is 0 Å². The van der Waals surface area contributed by atoms with Crippen molar-refractivity contribution in [3.63, 3.8) is 0 Å². The Hall–Kier alpha value is -1.23. The standard InChI is InChI=1S/C10H14N2O2S/c1-12(5-6-15-2)9-4-3-8(7-11-9)10(13)14/h3-4,7H,5-6H2,1-2H3,(H,13,14). The second-order valence-corrected chi connectivity index (χ2v) is 4.11. The zero-order valence-corrected chi connectivity index (χ0v) is 9.62. The molecule has 0 aliphatic heterocycles. The summed E-state index contributed by atoms with van der Waals surface area (Å²) >= 11 is 1.77. The van der Waals surface area contributed by atoms with Crippen LogP contribution < -0.4 is 4.90 Å². The van der Waals surface area contributed by atoms with Gasteiger partial charge in [0.15, 0.2) is 0 Å². The molecule has 1 aromatic rings. The number of carbonyl (C=O) groups is 1. The largest absolute Gasteiger partial charge is 0.478 e. The molecule has 1 N–H and O–H groups in total. The van der Waals surface area contributed by atoms with Gasteiger partial charge in [-0.05, 0) is 18.4 Å². The molecular formula is C10H14N2O2S. The molecule has 15 heavy (non-hydrogen) atoms. The van der Waals surface area contributed by atoms with E-state index in [4.69, 9.17) is 5.11 Å². The van der Waals surface area contributed by atoms with Crippen LogP contribution in [0.25, 0.3) is 0 Å². The molecule has 4 nitrogen and oxygen atoms in total. The first kappa shape index (κ1) is 11.8. The molecule has 1 aromatic heterocycles. The van der Waals surface area contributed by atoms with E-state index >= 15 is 0 Å². The highest BCUT2D eigenvalue weighted by atomic mass is 32.2. The van der Waals surface area contributed by atoms with Crippen LogP contribution >= 0.6 is 11.8 Å². The number of rotatable bonds is 5. The molecule has 0 fully saturated rings. The molecule has 1 rings (SSSR count). The third kappa shape index (κ3) is 3.43. The summed E-state index contributed by atoms with van der Waals surface area (Å²) in [5.74, 6) is 0.883. The van der Waals surface area contributed by atoms with Crippen LogP contribution in [0.1, 0.15) is 10.4 Å². The van der Waals surface area contributed by atoms with E-state index < -0.39 is 5.97 Å². The first-order chi connectivity index (χ1) is 7.15. The highest BCUT2D eigenvalue weighted by Gasteiger charge is 2.05. The first-order valence-electron chi connectivity index (χ1n) is 4.54. The molecule has 0 saturated heterocycles. The fourth-order valence-corrected chi connectivity index (χ4v) is 1.54. The van der Waals surface area contributed by atoms with Gasteiger partial charge in [0.25, 0.3) is 0 Å². The molecular weight excluding hydrogens is 212 g/mol. The summed E-state index contributed by atoms with van der Waals surface area (Å²) in [6.45, 7) is 0.903. The highest BCUT2D eigenvalue weighted by molar-refractivity contribution is 7.98. The van der Waals surface area contributed by atoms with Gasteiger partial charge < -0.3 is 10.0 Å². The zero-order valence-electron chi connectivity index (χ0n) is 8.80. The molecule has 1 heterocycles. The Morgan fingerprint density at radius 2 is 2.33 bits per heavy atom. The van der Waals surface area contributed by atoms with Gasteiger partial charge in [-0.15, -0.1) is 0 Å². The molecule has 0 radical (unpaired) electrons. The van der Waals surface area contributed by atoms with E-state index in [1.165, 1.54) is 6.20 Å². The number of pyridine rings is 1. The summed E-state index contributed by atoms with van der Waals surface area (Å²) in [6.07, 6.45) is 3.43. The highest BCUT2D eigenvalue weighted by Crippen LogP contribution is 2.10. The van der Waals surface area contributed by atoms with Crippen LogP contribution in [-0.4, -0.2) is 41.7 Å². The zero-order chi connectivity index (χ0) is 11.3. The van der Waals surface area contributed by atoms with Gasteiger partial charge >= 0.3 is 5.97 Å². The number of hydrogen-bond donors (Lipinski definition) is 1. The maximum atomic E-state index is 10.6. The Balaban J connectivity index is 2.66. The van der Waals surface area contributed by atoms with Crippen molar-refractivity contribution in [2.24, 2.45) is 0 Å². The number of nitrogens with zero attached hydrogens (tertiary/aromatic N) is 2. The number of hydrogen-bond acceptors (Lipinski definition) is 4. The molecule has 0 saturated carbocycles. The lowest BCUT2D eigenvalue weighted by molar-refractivity contribution is 0.0696. The molecule has 0 bridgehead atoms. The Bertz CT molecular complexity index is 327. The second-order valence-electron chi connectivity index (χ2n) is 3.12. The lowest BCUT2D eigenvalue weighted by Crippen LogP contribution is -2.21. The average Bonchev–Trinajstić information content (AvgIpc) is 2.26. The van der Waals surface area contributed by atoms with Crippen LogP contribution in [0.5, 0.6) is 0 Å². The molecule has 82 valence electrons. The number of carboxylic acids is 1. The Morgan fingerprint density at radius 1 is 1.60 bits per heavy atom. The number of aromatic carboxylic acids is 1. The molecule has 5 heteroatoms. The van der Waals surface area contributed by atoms with Crippen molar-refractivity contribution >= 4 is 23.5 Å². The van der Waals surface area contributed by atoms with E-state index in [0.29, 0.717) is 0 Å². The van der Waals surface area contributed by atoms with Gasteiger partial charge in [0, 0.05) is 25.5 Å². The maximum absolute atomic E-state index is 10.6. The topological polar surface area (TPSA) is 53.4 Å². The lowest BCUT2D eigenvalue weighted by Gasteiger charge is -2.17. The van der Waals surface area contributed by atoms with E-state index in [0.717, 1.165) is 18.1 Å². The monoisotopic (exact) mass is 226 g/mol. The van der Waals surface area contributed by atoms with Crippen LogP contribution in [0, 0.1) is 0 Å². The quantitative estimate of drug-likeness (QED) is 0.826. The molecule has 0 aliphatic carbocycles. The maximum Gasteiger partial charge on any atom is 0.337 e. The fraction of sp³-hybridized carbons (Fsp3) is 0.400. The van der Waals surface area contributed by atoms with Gasteiger partial charge in [0.05, 0.1) is 5.56 Å². The van der Waals surface area contributed by atoms with Crippen LogP contribution in [0.4, 0.5) is 5.82 Å². The van der Waals surface area contributed by atoms with Gasteiger partial charge in [-0.25, -0.2) is 9.78 Å². The minimum atomic E-state index is -0.944. The van der Waals surface area contributed by atoms with Crippen molar-refractivity contribution in [2.75, 3.05) is 30.5 Å². The van der Waals surface area contributed by atoms with Gasteiger partial charge in [0.2, 0.25) is 0 Å².